The van der Waals surface area contributed by atoms with Gasteiger partial charge in [0.1, 0.15) is 0 Å². The summed E-state index contributed by atoms with van der Waals surface area (Å²) in [5.41, 5.74) is -0.265. The van der Waals surface area contributed by atoms with Gasteiger partial charge in [0.15, 0.2) is 0 Å². The van der Waals surface area contributed by atoms with Crippen LogP contribution in [0.3, 0.4) is 0 Å². The lowest BCUT2D eigenvalue weighted by atomic mass is 10.1. The molecule has 1 aliphatic rings. The molecule has 0 saturated carbocycles. The number of benzene rings is 1. The van der Waals surface area contributed by atoms with E-state index in [2.05, 4.69) is 10.3 Å². The molecule has 0 spiro atoms. The molecule has 0 aliphatic carbocycles. The molecule has 26 heavy (non-hydrogen) atoms. The molecule has 0 radical (unpaired) electrons. The van der Waals surface area contributed by atoms with E-state index in [0.717, 1.165) is 0 Å². The second-order valence-corrected chi connectivity index (χ2v) is 7.99. The number of hydrogen-bond donors (Lipinski definition) is 1. The summed E-state index contributed by atoms with van der Waals surface area (Å²) >= 11 is 0. The first-order valence-corrected chi connectivity index (χ1v) is 9.45. The Kier molecular flexibility index (Phi) is 5.05. The van der Waals surface area contributed by atoms with Gasteiger partial charge in [-0.1, -0.05) is 12.1 Å². The number of nitrogens with zero attached hydrogens (tertiary/aromatic N) is 2. The Morgan fingerprint density at radius 2 is 2.04 bits per heavy atom. The van der Waals surface area contributed by atoms with Gasteiger partial charge in [0.25, 0.3) is 0 Å². The van der Waals surface area contributed by atoms with Crippen LogP contribution in [0.4, 0.5) is 13.2 Å². The van der Waals surface area contributed by atoms with Gasteiger partial charge in [-0.2, -0.15) is 17.5 Å². The molecule has 1 atom stereocenters. The van der Waals surface area contributed by atoms with E-state index in [4.69, 9.17) is 0 Å². The van der Waals surface area contributed by atoms with Crippen LogP contribution in [0.5, 0.6) is 0 Å². The first-order valence-electron chi connectivity index (χ1n) is 8.01. The van der Waals surface area contributed by atoms with Crippen molar-refractivity contribution in [2.45, 2.75) is 24.0 Å². The van der Waals surface area contributed by atoms with Crippen molar-refractivity contribution < 1.29 is 21.6 Å². The molecule has 0 amide bonds. The maximum Gasteiger partial charge on any atom is 0.416 e. The number of halogens is 3. The van der Waals surface area contributed by atoms with E-state index in [1.165, 1.54) is 23.4 Å². The van der Waals surface area contributed by atoms with Crippen LogP contribution in [0.1, 0.15) is 22.7 Å². The van der Waals surface area contributed by atoms with Gasteiger partial charge in [-0.3, -0.25) is 4.98 Å². The molecule has 1 unspecified atom stereocenters. The van der Waals surface area contributed by atoms with Gasteiger partial charge < -0.3 is 5.32 Å². The maximum atomic E-state index is 13.2. The largest absolute Gasteiger partial charge is 0.416 e. The number of aromatic nitrogens is 1. The van der Waals surface area contributed by atoms with Crippen molar-refractivity contribution in [1.29, 1.82) is 0 Å². The van der Waals surface area contributed by atoms with Crippen LogP contribution < -0.4 is 5.32 Å². The Hall–Kier alpha value is -1.97. The number of pyridine rings is 1. The minimum atomic E-state index is -4.61. The van der Waals surface area contributed by atoms with E-state index in [1.807, 2.05) is 0 Å². The van der Waals surface area contributed by atoms with Crippen LogP contribution in [0.15, 0.2) is 47.6 Å². The van der Waals surface area contributed by atoms with E-state index >= 15 is 0 Å². The monoisotopic (exact) mass is 385 g/mol. The fraction of sp³-hybridized carbons (Fsp3) is 0.353. The van der Waals surface area contributed by atoms with Gasteiger partial charge in [0, 0.05) is 32.0 Å². The van der Waals surface area contributed by atoms with Crippen molar-refractivity contribution in [1.82, 2.24) is 14.6 Å². The van der Waals surface area contributed by atoms with Crippen molar-refractivity contribution in [3.05, 3.63) is 59.4 Å². The summed E-state index contributed by atoms with van der Waals surface area (Å²) in [6.45, 7) is 2.26. The maximum absolute atomic E-state index is 13.2. The number of nitrogens with one attached hydrogen (secondary N) is 1. The fourth-order valence-electron chi connectivity index (χ4n) is 3.03. The predicted molar refractivity (Wildman–Crippen MR) is 89.9 cm³/mol. The quantitative estimate of drug-likeness (QED) is 0.883. The topological polar surface area (TPSA) is 62.3 Å². The molecule has 1 saturated heterocycles. The second kappa shape index (κ2) is 6.98. The molecule has 1 fully saturated rings. The number of hydrogen-bond acceptors (Lipinski definition) is 4. The molecule has 1 aromatic heterocycles. The average molecular weight is 385 g/mol. The molecule has 2 aromatic rings. The highest BCUT2D eigenvalue weighted by molar-refractivity contribution is 7.89. The van der Waals surface area contributed by atoms with Crippen LogP contribution in [0.25, 0.3) is 0 Å². The van der Waals surface area contributed by atoms with Gasteiger partial charge in [0.2, 0.25) is 10.0 Å². The van der Waals surface area contributed by atoms with Crippen molar-refractivity contribution in [3.8, 4) is 0 Å². The fourth-order valence-corrected chi connectivity index (χ4v) is 4.67. The minimum Gasteiger partial charge on any atom is -0.313 e. The van der Waals surface area contributed by atoms with Crippen LogP contribution in [-0.2, 0) is 16.2 Å². The molecular weight excluding hydrogens is 367 g/mol. The number of sulfonamides is 1. The zero-order valence-electron chi connectivity index (χ0n) is 14.0. The number of piperazine rings is 1. The van der Waals surface area contributed by atoms with Crippen LogP contribution in [0, 0.1) is 6.92 Å². The van der Waals surface area contributed by atoms with Crippen LogP contribution in [-0.4, -0.2) is 37.3 Å². The lowest BCUT2D eigenvalue weighted by Crippen LogP contribution is -2.48. The van der Waals surface area contributed by atoms with E-state index in [9.17, 15) is 21.6 Å². The van der Waals surface area contributed by atoms with Crippen molar-refractivity contribution >= 4 is 10.0 Å². The highest BCUT2D eigenvalue weighted by Crippen LogP contribution is 2.35. The molecule has 1 N–H and O–H groups in total. The van der Waals surface area contributed by atoms with Crippen molar-refractivity contribution in [3.63, 3.8) is 0 Å². The molecule has 9 heteroatoms. The Morgan fingerprint density at radius 1 is 1.27 bits per heavy atom. The second-order valence-electron chi connectivity index (χ2n) is 6.10. The summed E-state index contributed by atoms with van der Waals surface area (Å²) in [5, 5.41) is 3.12. The SMILES string of the molecule is Cc1ccc(S(=O)(=O)N2CCNCC2c2cccnc2)cc1C(F)(F)F. The first kappa shape index (κ1) is 18.8. The molecule has 2 heterocycles. The lowest BCUT2D eigenvalue weighted by Gasteiger charge is -2.35. The smallest absolute Gasteiger partial charge is 0.313 e. The standard InChI is InChI=1S/C17H18F3N3O2S/c1-12-4-5-14(9-15(12)17(18,19)20)26(24,25)23-8-7-22-11-16(23)13-3-2-6-21-10-13/h2-6,9-10,16,22H,7-8,11H2,1H3. The Balaban J connectivity index is 2.04. The highest BCUT2D eigenvalue weighted by atomic mass is 32.2. The molecule has 0 bridgehead atoms. The summed E-state index contributed by atoms with van der Waals surface area (Å²) in [7, 11) is -4.09. The van der Waals surface area contributed by atoms with Gasteiger partial charge >= 0.3 is 6.18 Å². The third kappa shape index (κ3) is 3.60. The number of rotatable bonds is 3. The third-order valence-electron chi connectivity index (χ3n) is 4.38. The number of alkyl halides is 3. The van der Waals surface area contributed by atoms with E-state index in [0.29, 0.717) is 24.7 Å². The Morgan fingerprint density at radius 3 is 2.69 bits per heavy atom. The predicted octanol–water partition coefficient (Wildman–Crippen LogP) is 2.74. The van der Waals surface area contributed by atoms with E-state index in [-0.39, 0.29) is 17.0 Å². The van der Waals surface area contributed by atoms with Gasteiger partial charge in [-0.05, 0) is 36.2 Å². The summed E-state index contributed by atoms with van der Waals surface area (Å²) in [4.78, 5) is 3.65. The van der Waals surface area contributed by atoms with E-state index in [1.54, 1.807) is 24.5 Å². The minimum absolute atomic E-state index is 0.0134. The summed E-state index contributed by atoms with van der Waals surface area (Å²) < 4.78 is 66.9. The molecule has 5 nitrogen and oxygen atoms in total. The van der Waals surface area contributed by atoms with Gasteiger partial charge in [-0.25, -0.2) is 8.42 Å². The van der Waals surface area contributed by atoms with Gasteiger partial charge in [-0.15, -0.1) is 0 Å². The van der Waals surface area contributed by atoms with Gasteiger partial charge in [0.05, 0.1) is 16.5 Å². The molecule has 1 aromatic carbocycles. The van der Waals surface area contributed by atoms with Crippen molar-refractivity contribution in [2.24, 2.45) is 0 Å². The van der Waals surface area contributed by atoms with Crippen LogP contribution >= 0.6 is 0 Å². The zero-order valence-corrected chi connectivity index (χ0v) is 14.8. The molecule has 3 rings (SSSR count). The number of aryl methyl sites for hydroxylation is 1. The Bertz CT molecular complexity index is 886. The summed E-state index contributed by atoms with van der Waals surface area (Å²) in [6.07, 6.45) is -1.47. The zero-order chi connectivity index (χ0) is 18.9. The first-order chi connectivity index (χ1) is 12.2. The Labute approximate surface area is 149 Å². The molecular formula is C17H18F3N3O2S. The third-order valence-corrected chi connectivity index (χ3v) is 6.29. The van der Waals surface area contributed by atoms with Crippen molar-refractivity contribution in [2.75, 3.05) is 19.6 Å². The normalized spacial score (nSPS) is 19.5. The van der Waals surface area contributed by atoms with Crippen LogP contribution in [0.2, 0.25) is 0 Å². The summed E-state index contributed by atoms with van der Waals surface area (Å²) in [6, 6.07) is 6.05. The average Bonchev–Trinajstić information content (AvgIpc) is 2.61. The highest BCUT2D eigenvalue weighted by Gasteiger charge is 2.37. The molecule has 140 valence electrons. The van der Waals surface area contributed by atoms with E-state index < -0.39 is 27.8 Å². The molecule has 1 aliphatic heterocycles. The lowest BCUT2D eigenvalue weighted by molar-refractivity contribution is -0.138. The summed E-state index contributed by atoms with van der Waals surface area (Å²) in [5.74, 6) is 0.